The first-order valence-corrected chi connectivity index (χ1v) is 5.12. The van der Waals surface area contributed by atoms with Crippen molar-refractivity contribution in [3.63, 3.8) is 0 Å². The highest BCUT2D eigenvalue weighted by Crippen LogP contribution is 2.20. The van der Waals surface area contributed by atoms with Gasteiger partial charge in [-0.1, -0.05) is 29.9 Å². The molecule has 0 aromatic heterocycles. The number of carbonyl (C=O) groups is 1. The lowest BCUT2D eigenvalue weighted by atomic mass is 10.2. The minimum Gasteiger partial charge on any atom is -0.393 e. The molecule has 0 aliphatic rings. The van der Waals surface area contributed by atoms with Crippen molar-refractivity contribution < 1.29 is 4.79 Å². The fourth-order valence-corrected chi connectivity index (χ4v) is 1.38. The molecule has 0 unspecified atom stereocenters. The van der Waals surface area contributed by atoms with Gasteiger partial charge >= 0.3 is 0 Å². The minimum absolute atomic E-state index is 0.0429. The normalized spacial score (nSPS) is 9.73. The number of thiocarbonyl (C=S) groups is 1. The van der Waals surface area contributed by atoms with Crippen LogP contribution in [0.5, 0.6) is 0 Å². The number of aryl methyl sites for hydroxylation is 1. The number of halogens is 1. The van der Waals surface area contributed by atoms with E-state index in [9.17, 15) is 4.79 Å². The molecule has 5 heteroatoms. The van der Waals surface area contributed by atoms with E-state index < -0.39 is 0 Å². The third-order valence-corrected chi connectivity index (χ3v) is 2.19. The van der Waals surface area contributed by atoms with E-state index in [-0.39, 0.29) is 17.3 Å². The molecule has 15 heavy (non-hydrogen) atoms. The lowest BCUT2D eigenvalue weighted by molar-refractivity contribution is -0.115. The first-order chi connectivity index (χ1) is 6.99. The molecule has 0 saturated heterocycles. The first kappa shape index (κ1) is 11.9. The number of amides is 1. The van der Waals surface area contributed by atoms with Crippen LogP contribution in [0, 0.1) is 6.92 Å². The van der Waals surface area contributed by atoms with Gasteiger partial charge in [0.05, 0.1) is 11.4 Å². The van der Waals surface area contributed by atoms with Gasteiger partial charge in [0.1, 0.15) is 0 Å². The summed E-state index contributed by atoms with van der Waals surface area (Å²) in [6.07, 6.45) is 0.0429. The maximum atomic E-state index is 11.4. The van der Waals surface area contributed by atoms with E-state index in [1.165, 1.54) is 0 Å². The van der Waals surface area contributed by atoms with E-state index in [1.54, 1.807) is 12.1 Å². The average Bonchev–Trinajstić information content (AvgIpc) is 2.10. The molecule has 3 N–H and O–H groups in total. The van der Waals surface area contributed by atoms with Crippen molar-refractivity contribution in [3.05, 3.63) is 28.8 Å². The lowest BCUT2D eigenvalue weighted by Crippen LogP contribution is -2.20. The lowest BCUT2D eigenvalue weighted by Gasteiger charge is -2.08. The SMILES string of the molecule is Cc1ccc(Cl)cc1NC(=O)CC(N)=S. The fourth-order valence-electron chi connectivity index (χ4n) is 1.08. The summed E-state index contributed by atoms with van der Waals surface area (Å²) in [5.41, 5.74) is 6.88. The molecule has 0 atom stereocenters. The van der Waals surface area contributed by atoms with Crippen LogP contribution in [0.25, 0.3) is 0 Å². The summed E-state index contributed by atoms with van der Waals surface area (Å²) < 4.78 is 0. The Morgan fingerprint density at radius 1 is 1.60 bits per heavy atom. The van der Waals surface area contributed by atoms with E-state index in [1.807, 2.05) is 13.0 Å². The molecule has 1 rings (SSSR count). The van der Waals surface area contributed by atoms with Crippen LogP contribution in [-0.2, 0) is 4.79 Å². The zero-order valence-electron chi connectivity index (χ0n) is 8.21. The number of anilines is 1. The van der Waals surface area contributed by atoms with Gasteiger partial charge in [-0.25, -0.2) is 0 Å². The van der Waals surface area contributed by atoms with Gasteiger partial charge in [-0.3, -0.25) is 4.79 Å². The molecule has 0 aliphatic heterocycles. The van der Waals surface area contributed by atoms with Gasteiger partial charge in [0.2, 0.25) is 5.91 Å². The Balaban J connectivity index is 2.76. The van der Waals surface area contributed by atoms with E-state index in [0.29, 0.717) is 10.7 Å². The number of hydrogen-bond acceptors (Lipinski definition) is 2. The number of nitrogens with one attached hydrogen (secondary N) is 1. The number of carbonyl (C=O) groups excluding carboxylic acids is 1. The van der Waals surface area contributed by atoms with Gasteiger partial charge in [0, 0.05) is 10.7 Å². The van der Waals surface area contributed by atoms with Crippen LogP contribution < -0.4 is 11.1 Å². The van der Waals surface area contributed by atoms with Crippen LogP contribution in [0.4, 0.5) is 5.69 Å². The predicted molar refractivity (Wildman–Crippen MR) is 66.2 cm³/mol. The van der Waals surface area contributed by atoms with E-state index in [4.69, 9.17) is 17.3 Å². The molecular formula is C10H11ClN2OS. The highest BCUT2D eigenvalue weighted by atomic mass is 35.5. The molecule has 0 spiro atoms. The summed E-state index contributed by atoms with van der Waals surface area (Å²) in [4.78, 5) is 11.5. The van der Waals surface area contributed by atoms with Gasteiger partial charge in [-0.05, 0) is 24.6 Å². The summed E-state index contributed by atoms with van der Waals surface area (Å²) in [6.45, 7) is 1.88. The molecular weight excluding hydrogens is 232 g/mol. The van der Waals surface area contributed by atoms with Crippen molar-refractivity contribution in [2.45, 2.75) is 13.3 Å². The smallest absolute Gasteiger partial charge is 0.231 e. The molecule has 0 radical (unpaired) electrons. The van der Waals surface area contributed by atoms with Gasteiger partial charge in [-0.15, -0.1) is 0 Å². The van der Waals surface area contributed by atoms with Crippen LogP contribution in [0.15, 0.2) is 18.2 Å². The molecule has 0 heterocycles. The third-order valence-electron chi connectivity index (χ3n) is 1.81. The zero-order chi connectivity index (χ0) is 11.4. The van der Waals surface area contributed by atoms with Crippen molar-refractivity contribution in [1.29, 1.82) is 0 Å². The highest BCUT2D eigenvalue weighted by molar-refractivity contribution is 7.80. The van der Waals surface area contributed by atoms with Gasteiger partial charge in [-0.2, -0.15) is 0 Å². The largest absolute Gasteiger partial charge is 0.393 e. The van der Waals surface area contributed by atoms with E-state index in [2.05, 4.69) is 17.5 Å². The van der Waals surface area contributed by atoms with Crippen molar-refractivity contribution in [2.75, 3.05) is 5.32 Å². The molecule has 80 valence electrons. The van der Waals surface area contributed by atoms with Crippen LogP contribution in [0.1, 0.15) is 12.0 Å². The Kier molecular flexibility index (Phi) is 4.05. The summed E-state index contributed by atoms with van der Waals surface area (Å²) in [6, 6.07) is 5.28. The van der Waals surface area contributed by atoms with Crippen molar-refractivity contribution >= 4 is 40.4 Å². The highest BCUT2D eigenvalue weighted by Gasteiger charge is 2.06. The van der Waals surface area contributed by atoms with Crippen molar-refractivity contribution in [3.8, 4) is 0 Å². The second kappa shape index (κ2) is 5.09. The Morgan fingerprint density at radius 3 is 2.87 bits per heavy atom. The number of benzene rings is 1. The Morgan fingerprint density at radius 2 is 2.27 bits per heavy atom. The van der Waals surface area contributed by atoms with Crippen LogP contribution >= 0.6 is 23.8 Å². The second-order valence-corrected chi connectivity index (χ2v) is 4.11. The Labute approximate surface area is 98.6 Å². The molecule has 1 aromatic rings. The Hall–Kier alpha value is -1.13. The standard InChI is InChI=1S/C10H11ClN2OS/c1-6-2-3-7(11)4-8(6)13-10(14)5-9(12)15/h2-4H,5H2,1H3,(H2,12,15)(H,13,14). The molecule has 0 saturated carbocycles. The molecule has 0 aliphatic carbocycles. The summed E-state index contributed by atoms with van der Waals surface area (Å²) in [7, 11) is 0. The Bertz CT molecular complexity index is 406. The molecule has 1 aromatic carbocycles. The maximum absolute atomic E-state index is 11.4. The summed E-state index contributed by atoms with van der Waals surface area (Å²) in [5.74, 6) is -0.229. The number of rotatable bonds is 3. The number of nitrogens with two attached hydrogens (primary N) is 1. The van der Waals surface area contributed by atoms with E-state index >= 15 is 0 Å². The molecule has 0 bridgehead atoms. The van der Waals surface area contributed by atoms with Crippen molar-refractivity contribution in [2.24, 2.45) is 5.73 Å². The molecule has 1 amide bonds. The maximum Gasteiger partial charge on any atom is 0.231 e. The number of hydrogen-bond donors (Lipinski definition) is 2. The van der Waals surface area contributed by atoms with Gasteiger partial charge in [0.15, 0.2) is 0 Å². The van der Waals surface area contributed by atoms with Gasteiger partial charge in [0.25, 0.3) is 0 Å². The monoisotopic (exact) mass is 242 g/mol. The van der Waals surface area contributed by atoms with Crippen LogP contribution in [0.2, 0.25) is 5.02 Å². The van der Waals surface area contributed by atoms with Crippen molar-refractivity contribution in [1.82, 2.24) is 0 Å². The molecule has 3 nitrogen and oxygen atoms in total. The fraction of sp³-hybridized carbons (Fsp3) is 0.200. The second-order valence-electron chi connectivity index (χ2n) is 3.15. The molecule has 0 fully saturated rings. The summed E-state index contributed by atoms with van der Waals surface area (Å²) >= 11 is 10.4. The quantitative estimate of drug-likeness (QED) is 0.800. The summed E-state index contributed by atoms with van der Waals surface area (Å²) in [5, 5.41) is 3.27. The third kappa shape index (κ3) is 3.85. The van der Waals surface area contributed by atoms with Gasteiger partial charge < -0.3 is 11.1 Å². The van der Waals surface area contributed by atoms with Crippen LogP contribution in [0.3, 0.4) is 0 Å². The topological polar surface area (TPSA) is 55.1 Å². The minimum atomic E-state index is -0.229. The predicted octanol–water partition coefficient (Wildman–Crippen LogP) is 2.26. The zero-order valence-corrected chi connectivity index (χ0v) is 9.78. The average molecular weight is 243 g/mol. The first-order valence-electron chi connectivity index (χ1n) is 4.33. The van der Waals surface area contributed by atoms with Crippen LogP contribution in [-0.4, -0.2) is 10.9 Å². The van der Waals surface area contributed by atoms with E-state index in [0.717, 1.165) is 5.56 Å².